The first-order chi connectivity index (χ1) is 7.62. The highest BCUT2D eigenvalue weighted by Gasteiger charge is 2.13. The molecular formula is C13H29NO2. The van der Waals surface area contributed by atoms with Crippen molar-refractivity contribution in [3.63, 3.8) is 0 Å². The van der Waals surface area contributed by atoms with Gasteiger partial charge >= 0.3 is 0 Å². The van der Waals surface area contributed by atoms with Gasteiger partial charge in [0.05, 0.1) is 13.2 Å². The van der Waals surface area contributed by atoms with E-state index in [1.54, 1.807) is 0 Å². The zero-order valence-corrected chi connectivity index (χ0v) is 11.3. The fourth-order valence-electron chi connectivity index (χ4n) is 1.38. The molecule has 0 atom stereocenters. The van der Waals surface area contributed by atoms with Gasteiger partial charge in [0.1, 0.15) is 0 Å². The molecule has 0 aliphatic heterocycles. The lowest BCUT2D eigenvalue weighted by molar-refractivity contribution is 0.0459. The Bertz CT molecular complexity index is 149. The Kier molecular flexibility index (Phi) is 9.99. The number of unbranched alkanes of at least 4 members (excludes halogenated alkanes) is 1. The lowest BCUT2D eigenvalue weighted by atomic mass is 9.87. The first-order valence-corrected chi connectivity index (χ1v) is 6.48. The third-order valence-corrected chi connectivity index (χ3v) is 2.67. The van der Waals surface area contributed by atoms with Crippen molar-refractivity contribution in [2.45, 2.75) is 46.5 Å². The Balaban J connectivity index is 3.10. The summed E-state index contributed by atoms with van der Waals surface area (Å²) in [6.07, 6.45) is 4.57. The molecule has 0 aliphatic carbocycles. The van der Waals surface area contributed by atoms with Crippen molar-refractivity contribution < 1.29 is 9.47 Å². The molecule has 0 heterocycles. The van der Waals surface area contributed by atoms with Crippen molar-refractivity contribution >= 4 is 0 Å². The van der Waals surface area contributed by atoms with Crippen LogP contribution in [0.5, 0.6) is 0 Å². The minimum Gasteiger partial charge on any atom is -0.379 e. The minimum absolute atomic E-state index is 0.282. The Hall–Kier alpha value is -0.120. The highest BCUT2D eigenvalue weighted by atomic mass is 16.5. The first-order valence-electron chi connectivity index (χ1n) is 6.48. The highest BCUT2D eigenvalue weighted by Crippen LogP contribution is 2.20. The van der Waals surface area contributed by atoms with Crippen molar-refractivity contribution in [2.75, 3.05) is 33.0 Å². The van der Waals surface area contributed by atoms with Crippen LogP contribution in [0.25, 0.3) is 0 Å². The van der Waals surface area contributed by atoms with Crippen molar-refractivity contribution in [1.29, 1.82) is 0 Å². The fourth-order valence-corrected chi connectivity index (χ4v) is 1.38. The van der Waals surface area contributed by atoms with E-state index in [0.29, 0.717) is 0 Å². The summed E-state index contributed by atoms with van der Waals surface area (Å²) in [5, 5.41) is 0. The van der Waals surface area contributed by atoms with E-state index in [1.807, 2.05) is 0 Å². The van der Waals surface area contributed by atoms with Crippen LogP contribution >= 0.6 is 0 Å². The average Bonchev–Trinajstić information content (AvgIpc) is 2.27. The Labute approximate surface area is 101 Å². The van der Waals surface area contributed by atoms with E-state index < -0.39 is 0 Å². The molecule has 0 unspecified atom stereocenters. The summed E-state index contributed by atoms with van der Waals surface area (Å²) in [7, 11) is 0. The average molecular weight is 231 g/mol. The molecule has 0 bridgehead atoms. The third-order valence-electron chi connectivity index (χ3n) is 2.67. The molecule has 0 aromatic heterocycles. The van der Waals surface area contributed by atoms with Gasteiger partial charge in [0.2, 0.25) is 0 Å². The second kappa shape index (κ2) is 10.1. The van der Waals surface area contributed by atoms with Gasteiger partial charge in [0.15, 0.2) is 0 Å². The van der Waals surface area contributed by atoms with Crippen LogP contribution in [0.2, 0.25) is 0 Å². The normalized spacial score (nSPS) is 12.0. The summed E-state index contributed by atoms with van der Waals surface area (Å²) < 4.78 is 10.8. The molecule has 3 heteroatoms. The van der Waals surface area contributed by atoms with E-state index in [1.165, 1.54) is 12.8 Å². The van der Waals surface area contributed by atoms with Crippen LogP contribution in [0.3, 0.4) is 0 Å². The second-order valence-electron chi connectivity index (χ2n) is 5.05. The van der Waals surface area contributed by atoms with Crippen LogP contribution in [0.4, 0.5) is 0 Å². The maximum Gasteiger partial charge on any atom is 0.0700 e. The third kappa shape index (κ3) is 10.4. The van der Waals surface area contributed by atoms with Crippen molar-refractivity contribution in [1.82, 2.24) is 0 Å². The van der Waals surface area contributed by atoms with Crippen LogP contribution < -0.4 is 5.73 Å². The maximum atomic E-state index is 5.67. The van der Waals surface area contributed by atoms with Crippen LogP contribution in [-0.2, 0) is 9.47 Å². The molecule has 0 rings (SSSR count). The highest BCUT2D eigenvalue weighted by molar-refractivity contribution is 4.68. The molecule has 0 aliphatic rings. The lowest BCUT2D eigenvalue weighted by Gasteiger charge is -2.21. The minimum atomic E-state index is 0.282. The SMILES string of the molecule is CCCOCCOCCCCC(C)(C)CN. The van der Waals surface area contributed by atoms with Gasteiger partial charge in [-0.15, -0.1) is 0 Å². The van der Waals surface area contributed by atoms with Gasteiger partial charge < -0.3 is 15.2 Å². The summed E-state index contributed by atoms with van der Waals surface area (Å²) in [5.41, 5.74) is 5.95. The largest absolute Gasteiger partial charge is 0.379 e. The van der Waals surface area contributed by atoms with Crippen molar-refractivity contribution in [3.8, 4) is 0 Å². The van der Waals surface area contributed by atoms with Crippen LogP contribution in [-0.4, -0.2) is 33.0 Å². The van der Waals surface area contributed by atoms with Crippen LogP contribution in [0.15, 0.2) is 0 Å². The molecule has 0 amide bonds. The van der Waals surface area contributed by atoms with Gasteiger partial charge in [-0.05, 0) is 31.2 Å². The molecule has 0 spiro atoms. The molecule has 0 saturated carbocycles. The van der Waals surface area contributed by atoms with Crippen LogP contribution in [0, 0.1) is 5.41 Å². The van der Waals surface area contributed by atoms with Gasteiger partial charge in [-0.3, -0.25) is 0 Å². The quantitative estimate of drug-likeness (QED) is 0.556. The van der Waals surface area contributed by atoms with Gasteiger partial charge in [0.25, 0.3) is 0 Å². The monoisotopic (exact) mass is 231 g/mol. The van der Waals surface area contributed by atoms with Crippen LogP contribution in [0.1, 0.15) is 46.5 Å². The van der Waals surface area contributed by atoms with E-state index in [-0.39, 0.29) is 5.41 Å². The predicted molar refractivity (Wildman–Crippen MR) is 68.6 cm³/mol. The number of nitrogens with two attached hydrogens (primary N) is 1. The molecule has 0 fully saturated rings. The smallest absolute Gasteiger partial charge is 0.0700 e. The molecule has 0 saturated heterocycles. The molecule has 16 heavy (non-hydrogen) atoms. The summed E-state index contributed by atoms with van der Waals surface area (Å²) >= 11 is 0. The molecule has 2 N–H and O–H groups in total. The van der Waals surface area contributed by atoms with E-state index in [0.717, 1.165) is 45.8 Å². The molecule has 3 nitrogen and oxygen atoms in total. The maximum absolute atomic E-state index is 5.67. The lowest BCUT2D eigenvalue weighted by Crippen LogP contribution is -2.23. The zero-order valence-electron chi connectivity index (χ0n) is 11.3. The summed E-state index contributed by atoms with van der Waals surface area (Å²) in [6.45, 7) is 10.4. The van der Waals surface area contributed by atoms with Gasteiger partial charge in [0, 0.05) is 13.2 Å². The number of ether oxygens (including phenoxy) is 2. The standard InChI is InChI=1S/C13H29NO2/c1-4-8-15-10-11-16-9-6-5-7-13(2,3)12-14/h4-12,14H2,1-3H3. The van der Waals surface area contributed by atoms with E-state index >= 15 is 0 Å². The molecular weight excluding hydrogens is 202 g/mol. The van der Waals surface area contributed by atoms with E-state index in [4.69, 9.17) is 15.2 Å². The Morgan fingerprint density at radius 2 is 1.56 bits per heavy atom. The summed E-state index contributed by atoms with van der Waals surface area (Å²) in [4.78, 5) is 0. The van der Waals surface area contributed by atoms with Gasteiger partial charge in [-0.2, -0.15) is 0 Å². The van der Waals surface area contributed by atoms with Crippen molar-refractivity contribution in [3.05, 3.63) is 0 Å². The van der Waals surface area contributed by atoms with Crippen molar-refractivity contribution in [2.24, 2.45) is 11.1 Å². The first kappa shape index (κ1) is 15.9. The fraction of sp³-hybridized carbons (Fsp3) is 1.00. The molecule has 0 aromatic rings. The topological polar surface area (TPSA) is 44.5 Å². The molecule has 0 radical (unpaired) electrons. The molecule has 0 aromatic carbocycles. The van der Waals surface area contributed by atoms with E-state index in [9.17, 15) is 0 Å². The second-order valence-corrected chi connectivity index (χ2v) is 5.05. The number of hydrogen-bond acceptors (Lipinski definition) is 3. The van der Waals surface area contributed by atoms with E-state index in [2.05, 4.69) is 20.8 Å². The summed E-state index contributed by atoms with van der Waals surface area (Å²) in [6, 6.07) is 0. The predicted octanol–water partition coefficient (Wildman–Crippen LogP) is 2.58. The molecule has 98 valence electrons. The number of hydrogen-bond donors (Lipinski definition) is 1. The zero-order chi connectivity index (χ0) is 12.3. The summed E-state index contributed by atoms with van der Waals surface area (Å²) in [5.74, 6) is 0. The number of rotatable bonds is 11. The Morgan fingerprint density at radius 1 is 0.938 bits per heavy atom. The van der Waals surface area contributed by atoms with Gasteiger partial charge in [-0.25, -0.2) is 0 Å². The Morgan fingerprint density at radius 3 is 2.12 bits per heavy atom. The van der Waals surface area contributed by atoms with Gasteiger partial charge in [-0.1, -0.05) is 27.2 Å².